The molecule has 4 heteroatoms. The minimum absolute atomic E-state index is 0.0765. The smallest absolute Gasteiger partial charge is 0.141 e. The molecule has 0 fully saturated rings. The van der Waals surface area contributed by atoms with Gasteiger partial charge >= 0.3 is 0 Å². The molecule has 0 aliphatic carbocycles. The summed E-state index contributed by atoms with van der Waals surface area (Å²) in [5.74, 6) is 0.643. The van der Waals surface area contributed by atoms with Crippen molar-refractivity contribution in [1.82, 2.24) is 0 Å². The van der Waals surface area contributed by atoms with Crippen molar-refractivity contribution in [2.75, 3.05) is 19.5 Å². The van der Waals surface area contributed by atoms with Crippen LogP contribution >= 0.6 is 0 Å². The Kier molecular flexibility index (Phi) is 3.73. The molecule has 1 aromatic carbocycles. The SMILES string of the molecule is COc1ccc([C@@H](N)CCO)cc1N. The van der Waals surface area contributed by atoms with Crippen LogP contribution in [0.15, 0.2) is 18.2 Å². The fourth-order valence-electron chi connectivity index (χ4n) is 1.29. The van der Waals surface area contributed by atoms with Gasteiger partial charge < -0.3 is 21.3 Å². The second-order valence-corrected chi connectivity index (χ2v) is 3.12. The highest BCUT2D eigenvalue weighted by molar-refractivity contribution is 5.54. The van der Waals surface area contributed by atoms with Crippen LogP contribution in [0.2, 0.25) is 0 Å². The number of nitrogen functional groups attached to an aromatic ring is 1. The summed E-state index contributed by atoms with van der Waals surface area (Å²) >= 11 is 0. The first-order valence-electron chi connectivity index (χ1n) is 4.49. The molecule has 78 valence electrons. The minimum Gasteiger partial charge on any atom is -0.495 e. The molecule has 1 aromatic rings. The molecule has 0 aromatic heterocycles. The Morgan fingerprint density at radius 3 is 2.71 bits per heavy atom. The summed E-state index contributed by atoms with van der Waals surface area (Å²) in [6.45, 7) is 0.0765. The monoisotopic (exact) mass is 196 g/mol. The van der Waals surface area contributed by atoms with E-state index in [4.69, 9.17) is 21.3 Å². The zero-order chi connectivity index (χ0) is 10.6. The molecule has 5 N–H and O–H groups in total. The molecule has 0 saturated carbocycles. The van der Waals surface area contributed by atoms with E-state index in [-0.39, 0.29) is 12.6 Å². The molecule has 0 amide bonds. The Morgan fingerprint density at radius 2 is 2.21 bits per heavy atom. The molecule has 0 unspecified atom stereocenters. The van der Waals surface area contributed by atoms with Crippen LogP contribution in [0.1, 0.15) is 18.0 Å². The van der Waals surface area contributed by atoms with E-state index in [9.17, 15) is 0 Å². The lowest BCUT2D eigenvalue weighted by Crippen LogP contribution is -2.12. The number of aliphatic hydroxyl groups excluding tert-OH is 1. The molecule has 1 atom stereocenters. The predicted molar refractivity (Wildman–Crippen MR) is 56.0 cm³/mol. The van der Waals surface area contributed by atoms with Gasteiger partial charge in [0, 0.05) is 12.6 Å². The highest BCUT2D eigenvalue weighted by atomic mass is 16.5. The van der Waals surface area contributed by atoms with Crippen molar-refractivity contribution in [3.05, 3.63) is 23.8 Å². The van der Waals surface area contributed by atoms with Crippen molar-refractivity contribution in [2.24, 2.45) is 5.73 Å². The average Bonchev–Trinajstić information content (AvgIpc) is 2.18. The summed E-state index contributed by atoms with van der Waals surface area (Å²) in [4.78, 5) is 0. The number of benzene rings is 1. The molecular formula is C10H16N2O2. The van der Waals surface area contributed by atoms with Gasteiger partial charge in [0.25, 0.3) is 0 Å². The van der Waals surface area contributed by atoms with Crippen LogP contribution in [-0.4, -0.2) is 18.8 Å². The van der Waals surface area contributed by atoms with Gasteiger partial charge in [0.2, 0.25) is 0 Å². The Bertz CT molecular complexity index is 302. The molecule has 0 bridgehead atoms. The highest BCUT2D eigenvalue weighted by Gasteiger charge is 2.07. The van der Waals surface area contributed by atoms with Gasteiger partial charge in [-0.05, 0) is 24.1 Å². The zero-order valence-corrected chi connectivity index (χ0v) is 8.23. The number of hydrogen-bond donors (Lipinski definition) is 3. The third-order valence-electron chi connectivity index (χ3n) is 2.12. The number of hydrogen-bond acceptors (Lipinski definition) is 4. The van der Waals surface area contributed by atoms with E-state index in [1.54, 1.807) is 19.2 Å². The van der Waals surface area contributed by atoms with Gasteiger partial charge in [0.05, 0.1) is 12.8 Å². The molecule has 14 heavy (non-hydrogen) atoms. The summed E-state index contributed by atoms with van der Waals surface area (Å²) in [6, 6.07) is 5.24. The molecule has 0 saturated heterocycles. The van der Waals surface area contributed by atoms with E-state index in [0.29, 0.717) is 17.9 Å². The highest BCUT2D eigenvalue weighted by Crippen LogP contribution is 2.25. The topological polar surface area (TPSA) is 81.5 Å². The molecule has 0 aliphatic rings. The van der Waals surface area contributed by atoms with Gasteiger partial charge in [-0.15, -0.1) is 0 Å². The van der Waals surface area contributed by atoms with E-state index in [1.165, 1.54) is 0 Å². The maximum absolute atomic E-state index is 8.73. The maximum atomic E-state index is 8.73. The van der Waals surface area contributed by atoms with Crippen molar-refractivity contribution in [2.45, 2.75) is 12.5 Å². The van der Waals surface area contributed by atoms with E-state index in [1.807, 2.05) is 6.07 Å². The Labute approximate surface area is 83.5 Å². The number of anilines is 1. The van der Waals surface area contributed by atoms with Crippen LogP contribution in [-0.2, 0) is 0 Å². The van der Waals surface area contributed by atoms with E-state index in [0.717, 1.165) is 5.56 Å². The van der Waals surface area contributed by atoms with Gasteiger partial charge in [-0.1, -0.05) is 6.07 Å². The number of nitrogens with two attached hydrogens (primary N) is 2. The second-order valence-electron chi connectivity index (χ2n) is 3.12. The number of aliphatic hydroxyl groups is 1. The normalized spacial score (nSPS) is 12.5. The summed E-state index contributed by atoms with van der Waals surface area (Å²) < 4.78 is 5.02. The van der Waals surface area contributed by atoms with Crippen LogP contribution in [0.25, 0.3) is 0 Å². The largest absolute Gasteiger partial charge is 0.495 e. The van der Waals surface area contributed by atoms with Crippen molar-refractivity contribution < 1.29 is 9.84 Å². The van der Waals surface area contributed by atoms with Gasteiger partial charge in [-0.2, -0.15) is 0 Å². The van der Waals surface area contributed by atoms with Crippen molar-refractivity contribution >= 4 is 5.69 Å². The third-order valence-corrected chi connectivity index (χ3v) is 2.12. The van der Waals surface area contributed by atoms with E-state index < -0.39 is 0 Å². The fraction of sp³-hybridized carbons (Fsp3) is 0.400. The van der Waals surface area contributed by atoms with Crippen molar-refractivity contribution in [1.29, 1.82) is 0 Å². The first kappa shape index (κ1) is 10.8. The maximum Gasteiger partial charge on any atom is 0.141 e. The van der Waals surface area contributed by atoms with Gasteiger partial charge in [0.1, 0.15) is 5.75 Å². The van der Waals surface area contributed by atoms with Gasteiger partial charge in [-0.25, -0.2) is 0 Å². The minimum atomic E-state index is -0.173. The quantitative estimate of drug-likeness (QED) is 0.618. The molecule has 4 nitrogen and oxygen atoms in total. The average molecular weight is 196 g/mol. The molecule has 0 heterocycles. The lowest BCUT2D eigenvalue weighted by atomic mass is 10.0. The molecular weight excluding hydrogens is 180 g/mol. The van der Waals surface area contributed by atoms with Crippen LogP contribution in [0, 0.1) is 0 Å². The number of rotatable bonds is 4. The van der Waals surface area contributed by atoms with Crippen LogP contribution in [0.3, 0.4) is 0 Å². The first-order valence-corrected chi connectivity index (χ1v) is 4.49. The Balaban J connectivity index is 2.85. The summed E-state index contributed by atoms with van der Waals surface area (Å²) in [7, 11) is 1.57. The molecule has 0 radical (unpaired) electrons. The van der Waals surface area contributed by atoms with E-state index in [2.05, 4.69) is 0 Å². The zero-order valence-electron chi connectivity index (χ0n) is 8.23. The van der Waals surface area contributed by atoms with Crippen LogP contribution in [0.5, 0.6) is 5.75 Å². The second kappa shape index (κ2) is 4.83. The Morgan fingerprint density at radius 1 is 1.50 bits per heavy atom. The number of methoxy groups -OCH3 is 1. The number of ether oxygens (including phenoxy) is 1. The summed E-state index contributed by atoms with van der Waals surface area (Å²) in [5, 5.41) is 8.73. The van der Waals surface area contributed by atoms with Crippen molar-refractivity contribution in [3.63, 3.8) is 0 Å². The lowest BCUT2D eigenvalue weighted by Gasteiger charge is -2.12. The Hall–Kier alpha value is -1.26. The van der Waals surface area contributed by atoms with Gasteiger partial charge in [0.15, 0.2) is 0 Å². The molecule has 0 aliphatic heterocycles. The van der Waals surface area contributed by atoms with Gasteiger partial charge in [-0.3, -0.25) is 0 Å². The fourth-order valence-corrected chi connectivity index (χ4v) is 1.29. The third kappa shape index (κ3) is 2.37. The van der Waals surface area contributed by atoms with Crippen LogP contribution < -0.4 is 16.2 Å². The molecule has 0 spiro atoms. The standard InChI is InChI=1S/C10H16N2O2/c1-14-10-3-2-7(6-9(10)12)8(11)4-5-13/h2-3,6,8,13H,4-5,11-12H2,1H3/t8-/m0/s1. The van der Waals surface area contributed by atoms with E-state index >= 15 is 0 Å². The summed E-state index contributed by atoms with van der Waals surface area (Å²) in [5.41, 5.74) is 13.0. The predicted octanol–water partition coefficient (Wildman–Crippen LogP) is 0.660. The lowest BCUT2D eigenvalue weighted by molar-refractivity contribution is 0.276. The van der Waals surface area contributed by atoms with Crippen LogP contribution in [0.4, 0.5) is 5.69 Å². The van der Waals surface area contributed by atoms with Crippen molar-refractivity contribution in [3.8, 4) is 5.75 Å². The molecule has 1 rings (SSSR count). The first-order chi connectivity index (χ1) is 6.69. The summed E-state index contributed by atoms with van der Waals surface area (Å²) in [6.07, 6.45) is 0.534.